The Balaban J connectivity index is 2.16. The molecule has 0 aliphatic heterocycles. The molecule has 0 atom stereocenters. The first kappa shape index (κ1) is 19.5. The molecule has 0 saturated heterocycles. The molecule has 1 N–H and O–H groups in total. The second-order valence-corrected chi connectivity index (χ2v) is 6.12. The SMILES string of the molecule is COc1cc(-c2nc(C#N)c(C#N)[nH]2)nn1-c1c(Cl)cc(C(F)(F)F)cc1Cl. The average molecular weight is 427 g/mol. The highest BCUT2D eigenvalue weighted by Crippen LogP contribution is 2.39. The zero-order valence-electron chi connectivity index (χ0n) is 13.8. The van der Waals surface area contributed by atoms with Crippen molar-refractivity contribution < 1.29 is 17.9 Å². The van der Waals surface area contributed by atoms with E-state index in [-0.39, 0.29) is 44.5 Å². The fourth-order valence-corrected chi connectivity index (χ4v) is 3.02. The Labute approximate surface area is 165 Å². The Bertz CT molecular complexity index is 1100. The van der Waals surface area contributed by atoms with Crippen molar-refractivity contribution in [3.05, 3.63) is 45.2 Å². The van der Waals surface area contributed by atoms with Crippen molar-refractivity contribution in [2.24, 2.45) is 0 Å². The molecule has 0 spiro atoms. The van der Waals surface area contributed by atoms with Crippen LogP contribution in [0.5, 0.6) is 5.88 Å². The molecule has 3 aromatic rings. The number of hydrogen-bond acceptors (Lipinski definition) is 5. The van der Waals surface area contributed by atoms with Crippen molar-refractivity contribution in [2.45, 2.75) is 6.18 Å². The van der Waals surface area contributed by atoms with Crippen molar-refractivity contribution in [2.75, 3.05) is 7.11 Å². The van der Waals surface area contributed by atoms with Gasteiger partial charge in [0.05, 0.1) is 22.7 Å². The molecular formula is C16H7Cl2F3N6O. The van der Waals surface area contributed by atoms with Gasteiger partial charge in [0, 0.05) is 6.07 Å². The minimum Gasteiger partial charge on any atom is -0.481 e. The highest BCUT2D eigenvalue weighted by atomic mass is 35.5. The number of imidazole rings is 1. The average Bonchev–Trinajstić information content (AvgIpc) is 3.23. The number of methoxy groups -OCH3 is 1. The molecule has 0 fully saturated rings. The zero-order chi connectivity index (χ0) is 20.6. The second-order valence-electron chi connectivity index (χ2n) is 5.30. The molecular weight excluding hydrogens is 420 g/mol. The first-order chi connectivity index (χ1) is 13.2. The normalized spacial score (nSPS) is 11.1. The predicted molar refractivity (Wildman–Crippen MR) is 92.1 cm³/mol. The molecule has 0 unspecified atom stereocenters. The fourth-order valence-electron chi connectivity index (χ4n) is 2.37. The summed E-state index contributed by atoms with van der Waals surface area (Å²) in [5.74, 6) is 0.177. The van der Waals surface area contributed by atoms with Crippen LogP contribution in [0.15, 0.2) is 18.2 Å². The summed E-state index contributed by atoms with van der Waals surface area (Å²) in [5, 5.41) is 21.6. The van der Waals surface area contributed by atoms with Crippen LogP contribution in [0.25, 0.3) is 17.2 Å². The van der Waals surface area contributed by atoms with Crippen LogP contribution in [0, 0.1) is 22.7 Å². The van der Waals surface area contributed by atoms with E-state index >= 15 is 0 Å². The van der Waals surface area contributed by atoms with Gasteiger partial charge >= 0.3 is 6.18 Å². The summed E-state index contributed by atoms with van der Waals surface area (Å²) in [4.78, 5) is 6.59. The number of rotatable bonds is 3. The molecule has 0 amide bonds. The van der Waals surface area contributed by atoms with E-state index in [1.807, 2.05) is 0 Å². The number of aromatic amines is 1. The van der Waals surface area contributed by atoms with Crippen LogP contribution in [0.1, 0.15) is 17.0 Å². The van der Waals surface area contributed by atoms with E-state index in [2.05, 4.69) is 15.1 Å². The summed E-state index contributed by atoms with van der Waals surface area (Å²) in [6.45, 7) is 0. The van der Waals surface area contributed by atoms with Crippen molar-refractivity contribution in [1.82, 2.24) is 19.7 Å². The van der Waals surface area contributed by atoms with E-state index in [0.717, 1.165) is 16.8 Å². The summed E-state index contributed by atoms with van der Waals surface area (Å²) in [6.07, 6.45) is -4.62. The third kappa shape index (κ3) is 3.36. The Kier molecular flexibility index (Phi) is 4.94. The monoisotopic (exact) mass is 426 g/mol. The molecule has 0 aliphatic rings. The molecule has 2 aromatic heterocycles. The van der Waals surface area contributed by atoms with Gasteiger partial charge in [0.1, 0.15) is 23.5 Å². The molecule has 0 aliphatic carbocycles. The Morgan fingerprint density at radius 1 is 1.14 bits per heavy atom. The lowest BCUT2D eigenvalue weighted by molar-refractivity contribution is -0.137. The summed E-state index contributed by atoms with van der Waals surface area (Å²) >= 11 is 12.0. The van der Waals surface area contributed by atoms with E-state index in [9.17, 15) is 13.2 Å². The van der Waals surface area contributed by atoms with Crippen LogP contribution in [0.4, 0.5) is 13.2 Å². The first-order valence-electron chi connectivity index (χ1n) is 7.30. The number of nitriles is 2. The molecule has 0 bridgehead atoms. The van der Waals surface area contributed by atoms with Gasteiger partial charge in [-0.2, -0.15) is 33.5 Å². The summed E-state index contributed by atoms with van der Waals surface area (Å²) in [7, 11) is 1.31. The largest absolute Gasteiger partial charge is 0.481 e. The van der Waals surface area contributed by atoms with Crippen LogP contribution in [-0.2, 0) is 6.18 Å². The molecule has 3 rings (SSSR count). The van der Waals surface area contributed by atoms with E-state index < -0.39 is 11.7 Å². The highest BCUT2D eigenvalue weighted by molar-refractivity contribution is 6.37. The van der Waals surface area contributed by atoms with Crippen molar-refractivity contribution in [1.29, 1.82) is 10.5 Å². The standard InChI is InChI=1S/C16H7Cl2F3N6O/c1-28-13-4-10(15-24-11(5-22)12(6-23)25-15)26-27(13)14-8(17)2-7(3-9(14)18)16(19,20)21/h2-4H,1H3,(H,24,25). The number of ether oxygens (including phenoxy) is 1. The van der Waals surface area contributed by atoms with Gasteiger partial charge in [-0.25, -0.2) is 4.98 Å². The fraction of sp³-hybridized carbons (Fsp3) is 0.125. The lowest BCUT2D eigenvalue weighted by atomic mass is 10.2. The molecule has 28 heavy (non-hydrogen) atoms. The van der Waals surface area contributed by atoms with E-state index in [1.54, 1.807) is 12.1 Å². The summed E-state index contributed by atoms with van der Waals surface area (Å²) in [6, 6.07) is 6.38. The van der Waals surface area contributed by atoms with Crippen LogP contribution in [0.3, 0.4) is 0 Å². The molecule has 1 aromatic carbocycles. The highest BCUT2D eigenvalue weighted by Gasteiger charge is 2.32. The Hall–Kier alpha value is -3.21. The van der Waals surface area contributed by atoms with Crippen LogP contribution < -0.4 is 4.74 Å². The van der Waals surface area contributed by atoms with Crippen molar-refractivity contribution in [3.8, 4) is 35.2 Å². The molecule has 0 saturated carbocycles. The number of halogens is 5. The van der Waals surface area contributed by atoms with E-state index in [0.29, 0.717) is 0 Å². The number of alkyl halides is 3. The number of H-pyrrole nitrogens is 1. The maximum atomic E-state index is 12.9. The quantitative estimate of drug-likeness (QED) is 0.670. The smallest absolute Gasteiger partial charge is 0.416 e. The number of benzene rings is 1. The second kappa shape index (κ2) is 7.08. The lowest BCUT2D eigenvalue weighted by Crippen LogP contribution is -2.08. The predicted octanol–water partition coefficient (Wildman–Crippen LogP) is 4.34. The minimum atomic E-state index is -4.62. The maximum Gasteiger partial charge on any atom is 0.416 e. The number of aromatic nitrogens is 4. The van der Waals surface area contributed by atoms with Gasteiger partial charge in [0.15, 0.2) is 17.2 Å². The van der Waals surface area contributed by atoms with Gasteiger partial charge in [0.2, 0.25) is 5.88 Å². The number of nitrogens with zero attached hydrogens (tertiary/aromatic N) is 5. The van der Waals surface area contributed by atoms with Crippen LogP contribution >= 0.6 is 23.2 Å². The van der Waals surface area contributed by atoms with Gasteiger partial charge in [-0.3, -0.25) is 0 Å². The topological polar surface area (TPSA) is 103 Å². The van der Waals surface area contributed by atoms with Gasteiger partial charge in [-0.05, 0) is 12.1 Å². The third-order valence-corrected chi connectivity index (χ3v) is 4.18. The molecule has 0 radical (unpaired) electrons. The van der Waals surface area contributed by atoms with Gasteiger partial charge < -0.3 is 9.72 Å². The lowest BCUT2D eigenvalue weighted by Gasteiger charge is -2.13. The van der Waals surface area contributed by atoms with Gasteiger partial charge in [-0.15, -0.1) is 0 Å². The molecule has 2 heterocycles. The van der Waals surface area contributed by atoms with E-state index in [4.69, 9.17) is 38.5 Å². The summed E-state index contributed by atoms with van der Waals surface area (Å²) in [5.41, 5.74) is -1.08. The van der Waals surface area contributed by atoms with Crippen molar-refractivity contribution in [3.63, 3.8) is 0 Å². The number of nitrogens with one attached hydrogen (secondary N) is 1. The number of hydrogen-bond donors (Lipinski definition) is 1. The van der Waals surface area contributed by atoms with Crippen LogP contribution in [-0.4, -0.2) is 26.9 Å². The zero-order valence-corrected chi connectivity index (χ0v) is 15.3. The Morgan fingerprint density at radius 2 is 1.79 bits per heavy atom. The Morgan fingerprint density at radius 3 is 2.25 bits per heavy atom. The maximum absolute atomic E-state index is 12.9. The third-order valence-electron chi connectivity index (χ3n) is 3.61. The van der Waals surface area contributed by atoms with Gasteiger partial charge in [-0.1, -0.05) is 23.2 Å². The van der Waals surface area contributed by atoms with Crippen molar-refractivity contribution >= 4 is 23.2 Å². The molecule has 12 heteroatoms. The summed E-state index contributed by atoms with van der Waals surface area (Å²) < 4.78 is 45.1. The first-order valence-corrected chi connectivity index (χ1v) is 8.06. The van der Waals surface area contributed by atoms with Gasteiger partial charge in [0.25, 0.3) is 0 Å². The molecule has 7 nitrogen and oxygen atoms in total. The molecule has 142 valence electrons. The minimum absolute atomic E-state index is 0.0352. The van der Waals surface area contributed by atoms with Crippen LogP contribution in [0.2, 0.25) is 10.0 Å². The van der Waals surface area contributed by atoms with E-state index in [1.165, 1.54) is 13.2 Å².